The Hall–Kier alpha value is 0.700. The molecule has 0 aliphatic heterocycles. The van der Waals surface area contributed by atoms with Gasteiger partial charge >= 0.3 is 0 Å². The summed E-state index contributed by atoms with van der Waals surface area (Å²) < 4.78 is 0. The van der Waals surface area contributed by atoms with E-state index in [1.165, 1.54) is 6.42 Å². The van der Waals surface area contributed by atoms with Crippen LogP contribution in [0.1, 0.15) is 12.8 Å². The summed E-state index contributed by atoms with van der Waals surface area (Å²) in [5.74, 6) is 1.89. The Bertz CT molecular complexity index is 25.3. The van der Waals surface area contributed by atoms with Crippen LogP contribution in [-0.4, -0.2) is 11.5 Å². The monoisotopic (exact) mass is 135 g/mol. The molecule has 0 aromatic carbocycles. The molecule has 0 bridgehead atoms. The molecule has 0 saturated carbocycles. The summed E-state index contributed by atoms with van der Waals surface area (Å²) in [7, 11) is 0. The van der Waals surface area contributed by atoms with Gasteiger partial charge < -0.3 is 0 Å². The number of thiol groups is 2. The van der Waals surface area contributed by atoms with Crippen LogP contribution in [0.25, 0.3) is 0 Å². The molecule has 0 atom stereocenters. The van der Waals surface area contributed by atoms with Crippen LogP contribution in [0.2, 0.25) is 0 Å². The van der Waals surface area contributed by atoms with Crippen molar-refractivity contribution in [2.24, 2.45) is 0 Å². The van der Waals surface area contributed by atoms with Crippen molar-refractivity contribution in [1.82, 2.24) is 0 Å². The normalized spacial score (nSPS) is 9.43. The molecule has 0 fully saturated rings. The second-order valence-corrected chi connectivity index (χ2v) is 2.15. The highest BCUT2D eigenvalue weighted by atomic mass is 32.1. The van der Waals surface area contributed by atoms with E-state index >= 15 is 0 Å². The fraction of sp³-hybridized carbons (Fsp3) is 0.800. The summed E-state index contributed by atoms with van der Waals surface area (Å²) in [6.45, 7) is 0. The first-order valence-corrected chi connectivity index (χ1v) is 3.71. The minimum atomic E-state index is 0.897. The van der Waals surface area contributed by atoms with E-state index in [1.54, 1.807) is 0 Å². The first-order chi connectivity index (χ1) is 3.41. The summed E-state index contributed by atoms with van der Waals surface area (Å²) in [5, 5.41) is 0. The van der Waals surface area contributed by atoms with Crippen molar-refractivity contribution in [2.45, 2.75) is 12.8 Å². The Balaban J connectivity index is 2.45. The van der Waals surface area contributed by atoms with Gasteiger partial charge in [-0.15, -0.1) is 0 Å². The highest BCUT2D eigenvalue weighted by Crippen LogP contribution is 1.95. The molecule has 0 heterocycles. The van der Waals surface area contributed by atoms with Crippen molar-refractivity contribution < 1.29 is 0 Å². The molecule has 0 rings (SSSR count). The van der Waals surface area contributed by atoms with Gasteiger partial charge in [0.2, 0.25) is 0 Å². The van der Waals surface area contributed by atoms with E-state index < -0.39 is 0 Å². The first-order valence-electron chi connectivity index (χ1n) is 2.45. The molecule has 0 aromatic rings. The average molecular weight is 135 g/mol. The van der Waals surface area contributed by atoms with Gasteiger partial charge in [0, 0.05) is 0 Å². The first kappa shape index (κ1) is 7.70. The van der Waals surface area contributed by atoms with Gasteiger partial charge in [-0.2, -0.15) is 25.3 Å². The number of hydrogen-bond donors (Lipinski definition) is 2. The van der Waals surface area contributed by atoms with Crippen LogP contribution in [0.5, 0.6) is 0 Å². The van der Waals surface area contributed by atoms with Crippen LogP contribution in [-0.2, 0) is 0 Å². The Morgan fingerprint density at radius 3 is 2.43 bits per heavy atom. The summed E-state index contributed by atoms with van der Waals surface area (Å²) >= 11 is 8.06. The number of unbranched alkanes of at least 4 members (excludes halogenated alkanes) is 2. The van der Waals surface area contributed by atoms with Gasteiger partial charge in [0.15, 0.2) is 0 Å². The van der Waals surface area contributed by atoms with Crippen LogP contribution >= 0.6 is 25.3 Å². The second-order valence-electron chi connectivity index (χ2n) is 1.34. The molecule has 0 unspecified atom stereocenters. The summed E-state index contributed by atoms with van der Waals surface area (Å²) in [6, 6.07) is 0. The van der Waals surface area contributed by atoms with E-state index in [-0.39, 0.29) is 0 Å². The van der Waals surface area contributed by atoms with Gasteiger partial charge in [0.25, 0.3) is 0 Å². The summed E-state index contributed by atoms with van der Waals surface area (Å²) in [4.78, 5) is 0. The third kappa shape index (κ3) is 6.70. The molecular weight excluding hydrogens is 124 g/mol. The summed E-state index contributed by atoms with van der Waals surface area (Å²) in [6.07, 6.45) is 4.50. The van der Waals surface area contributed by atoms with Gasteiger partial charge in [-0.1, -0.05) is 0 Å². The number of rotatable bonds is 4. The van der Waals surface area contributed by atoms with Crippen molar-refractivity contribution in [3.8, 4) is 0 Å². The lowest BCUT2D eigenvalue weighted by molar-refractivity contribution is 0.918. The molecule has 1 radical (unpaired) electrons. The fourth-order valence-corrected chi connectivity index (χ4v) is 0.692. The molecule has 7 heavy (non-hydrogen) atoms. The SMILES string of the molecule is SC[CH]CCCS. The van der Waals surface area contributed by atoms with Crippen molar-refractivity contribution in [2.75, 3.05) is 11.5 Å². The molecule has 0 N–H and O–H groups in total. The van der Waals surface area contributed by atoms with E-state index in [4.69, 9.17) is 0 Å². The Labute approximate surface area is 56.5 Å². The van der Waals surface area contributed by atoms with E-state index in [1.807, 2.05) is 0 Å². The Kier molecular flexibility index (Phi) is 7.37. The molecule has 43 valence electrons. The fourth-order valence-electron chi connectivity index (χ4n) is 0.327. The van der Waals surface area contributed by atoms with Crippen LogP contribution in [0, 0.1) is 6.42 Å². The van der Waals surface area contributed by atoms with Gasteiger partial charge in [-0.05, 0) is 30.8 Å². The zero-order chi connectivity index (χ0) is 5.54. The van der Waals surface area contributed by atoms with Crippen molar-refractivity contribution in [1.29, 1.82) is 0 Å². The lowest BCUT2D eigenvalue weighted by atomic mass is 10.3. The van der Waals surface area contributed by atoms with E-state index in [0.29, 0.717) is 0 Å². The van der Waals surface area contributed by atoms with E-state index in [2.05, 4.69) is 31.7 Å². The molecule has 0 aliphatic rings. The molecule has 0 amide bonds. The van der Waals surface area contributed by atoms with Crippen molar-refractivity contribution in [3.63, 3.8) is 0 Å². The Morgan fingerprint density at radius 1 is 1.29 bits per heavy atom. The molecule has 0 aromatic heterocycles. The van der Waals surface area contributed by atoms with Gasteiger partial charge in [-0.3, -0.25) is 0 Å². The van der Waals surface area contributed by atoms with E-state index in [0.717, 1.165) is 17.9 Å². The topological polar surface area (TPSA) is 0 Å². The van der Waals surface area contributed by atoms with Crippen LogP contribution in [0.3, 0.4) is 0 Å². The maximum absolute atomic E-state index is 4.05. The van der Waals surface area contributed by atoms with Gasteiger partial charge in [0.05, 0.1) is 0 Å². The number of hydrogen-bond acceptors (Lipinski definition) is 2. The molecule has 0 nitrogen and oxygen atoms in total. The molecule has 0 aliphatic carbocycles. The standard InChI is InChI=1S/C5H11S2/c6-4-2-1-3-5-7/h2,6-7H,1,3-5H2. The van der Waals surface area contributed by atoms with Crippen LogP contribution < -0.4 is 0 Å². The average Bonchev–Trinajstić information content (AvgIpc) is 1.69. The highest BCUT2D eigenvalue weighted by molar-refractivity contribution is 7.80. The third-order valence-corrected chi connectivity index (χ3v) is 1.27. The zero-order valence-corrected chi connectivity index (χ0v) is 6.09. The lowest BCUT2D eigenvalue weighted by Crippen LogP contribution is -1.78. The molecule has 0 spiro atoms. The van der Waals surface area contributed by atoms with Crippen LogP contribution in [0.15, 0.2) is 0 Å². The maximum atomic E-state index is 4.05. The lowest BCUT2D eigenvalue weighted by Gasteiger charge is -1.89. The maximum Gasteiger partial charge on any atom is -0.00666 e. The van der Waals surface area contributed by atoms with Crippen molar-refractivity contribution in [3.05, 3.63) is 6.42 Å². The quantitative estimate of drug-likeness (QED) is 0.426. The zero-order valence-electron chi connectivity index (χ0n) is 4.30. The third-order valence-electron chi connectivity index (χ3n) is 0.695. The smallest absolute Gasteiger partial charge is 0.00666 e. The van der Waals surface area contributed by atoms with Gasteiger partial charge in [-0.25, -0.2) is 0 Å². The van der Waals surface area contributed by atoms with Crippen LogP contribution in [0.4, 0.5) is 0 Å². The highest BCUT2D eigenvalue weighted by Gasteiger charge is 1.81. The van der Waals surface area contributed by atoms with Gasteiger partial charge in [0.1, 0.15) is 0 Å². The minimum absolute atomic E-state index is 0.897. The summed E-state index contributed by atoms with van der Waals surface area (Å²) in [5.41, 5.74) is 0. The predicted octanol–water partition coefficient (Wildman–Crippen LogP) is 1.83. The molecular formula is C5H11S2. The van der Waals surface area contributed by atoms with E-state index in [9.17, 15) is 0 Å². The van der Waals surface area contributed by atoms with Crippen molar-refractivity contribution >= 4 is 25.3 Å². The second kappa shape index (κ2) is 6.70. The minimum Gasteiger partial charge on any atom is -0.179 e. The molecule has 2 heteroatoms. The Morgan fingerprint density at radius 2 is 2.00 bits per heavy atom. The predicted molar refractivity (Wildman–Crippen MR) is 41.2 cm³/mol. The molecule has 0 saturated heterocycles. The largest absolute Gasteiger partial charge is 0.179 e.